The second-order valence-corrected chi connectivity index (χ2v) is 8.92. The van der Waals surface area contributed by atoms with Crippen LogP contribution >= 0.6 is 0 Å². The minimum Gasteiger partial charge on any atom is -0.378 e. The minimum absolute atomic E-state index is 0.0798. The van der Waals surface area contributed by atoms with Gasteiger partial charge in [-0.15, -0.1) is 0 Å². The zero-order chi connectivity index (χ0) is 26.3. The van der Waals surface area contributed by atoms with E-state index in [1.54, 1.807) is 44.2 Å². The smallest absolute Gasteiger partial charge is 0.279 e. The number of hydrogen-bond acceptors (Lipinski definition) is 7. The molecule has 1 atom stereocenters. The number of halogens is 3. The fraction of sp³-hybridized carbons (Fsp3) is 0.360. The number of benzene rings is 1. The van der Waals surface area contributed by atoms with E-state index in [0.29, 0.717) is 60.0 Å². The van der Waals surface area contributed by atoms with Crippen molar-refractivity contribution < 1.29 is 17.9 Å². The summed E-state index contributed by atoms with van der Waals surface area (Å²) in [5, 5.41) is 9.79. The second kappa shape index (κ2) is 9.85. The van der Waals surface area contributed by atoms with Gasteiger partial charge in [-0.25, -0.2) is 27.8 Å². The second-order valence-electron chi connectivity index (χ2n) is 8.92. The monoisotopic (exact) mass is 513 g/mol. The predicted octanol–water partition coefficient (Wildman–Crippen LogP) is 3.72. The highest BCUT2D eigenvalue weighted by atomic mass is 19.3. The molecule has 0 bridgehead atoms. The fourth-order valence-electron chi connectivity index (χ4n) is 4.54. The van der Waals surface area contributed by atoms with Crippen molar-refractivity contribution in [3.63, 3.8) is 0 Å². The molecule has 37 heavy (non-hydrogen) atoms. The van der Waals surface area contributed by atoms with Crippen LogP contribution in [0.15, 0.2) is 41.6 Å². The molecule has 0 radical (unpaired) electrons. The SMILES string of the molecule is Cc1nc(N[C@H](C)c2cccc(C(F)F)c2F)c2cn(N3CCOCC3)c(=O)c(-c3cnn(C)c3)c2n1. The summed E-state index contributed by atoms with van der Waals surface area (Å²) in [4.78, 5) is 22.9. The molecule has 4 aromatic rings. The first-order valence-electron chi connectivity index (χ1n) is 11.8. The van der Waals surface area contributed by atoms with Gasteiger partial charge in [0.2, 0.25) is 0 Å². The van der Waals surface area contributed by atoms with E-state index in [1.165, 1.54) is 16.8 Å². The molecule has 0 aliphatic carbocycles. The van der Waals surface area contributed by atoms with Crippen LogP contribution in [0.1, 0.15) is 36.3 Å². The third-order valence-electron chi connectivity index (χ3n) is 6.37. The predicted molar refractivity (Wildman–Crippen MR) is 133 cm³/mol. The van der Waals surface area contributed by atoms with Crippen LogP contribution in [-0.4, -0.2) is 50.7 Å². The number of hydrogen-bond donors (Lipinski definition) is 1. The van der Waals surface area contributed by atoms with E-state index in [1.807, 2.05) is 5.01 Å². The van der Waals surface area contributed by atoms with Crippen LogP contribution in [0, 0.1) is 12.7 Å². The summed E-state index contributed by atoms with van der Waals surface area (Å²) in [5.74, 6) is -0.226. The Hall–Kier alpha value is -3.93. The van der Waals surface area contributed by atoms with E-state index >= 15 is 0 Å². The van der Waals surface area contributed by atoms with Gasteiger partial charge in [0.05, 0.1) is 60.6 Å². The van der Waals surface area contributed by atoms with Gasteiger partial charge in [-0.1, -0.05) is 18.2 Å². The Morgan fingerprint density at radius 2 is 1.84 bits per heavy atom. The van der Waals surface area contributed by atoms with Gasteiger partial charge in [0.25, 0.3) is 12.0 Å². The number of aryl methyl sites for hydroxylation is 2. The molecule has 3 aromatic heterocycles. The molecule has 9 nitrogen and oxygen atoms in total. The van der Waals surface area contributed by atoms with Gasteiger partial charge in [-0.3, -0.25) is 9.48 Å². The highest BCUT2D eigenvalue weighted by molar-refractivity contribution is 5.98. The van der Waals surface area contributed by atoms with E-state index < -0.39 is 23.8 Å². The topological polar surface area (TPSA) is 90.1 Å². The molecule has 1 aromatic carbocycles. The molecule has 1 saturated heterocycles. The third-order valence-corrected chi connectivity index (χ3v) is 6.37. The molecule has 1 fully saturated rings. The number of alkyl halides is 2. The summed E-state index contributed by atoms with van der Waals surface area (Å²) in [6.45, 7) is 5.31. The summed E-state index contributed by atoms with van der Waals surface area (Å²) in [7, 11) is 1.76. The van der Waals surface area contributed by atoms with E-state index in [4.69, 9.17) is 4.74 Å². The molecule has 1 aliphatic rings. The van der Waals surface area contributed by atoms with Gasteiger partial charge < -0.3 is 15.1 Å². The molecule has 0 saturated carbocycles. The van der Waals surface area contributed by atoms with Crippen LogP contribution in [0.2, 0.25) is 0 Å². The molecule has 4 heterocycles. The molecule has 194 valence electrons. The zero-order valence-corrected chi connectivity index (χ0v) is 20.6. The van der Waals surface area contributed by atoms with E-state index in [2.05, 4.69) is 20.4 Å². The quantitative estimate of drug-likeness (QED) is 0.420. The van der Waals surface area contributed by atoms with E-state index in [-0.39, 0.29) is 11.1 Å². The molecule has 0 spiro atoms. The van der Waals surface area contributed by atoms with Crippen molar-refractivity contribution in [2.75, 3.05) is 36.6 Å². The van der Waals surface area contributed by atoms with Gasteiger partial charge in [0.15, 0.2) is 0 Å². The summed E-state index contributed by atoms with van der Waals surface area (Å²) in [6, 6.07) is 3.22. The molecule has 1 aliphatic heterocycles. The lowest BCUT2D eigenvalue weighted by Gasteiger charge is -2.31. The summed E-state index contributed by atoms with van der Waals surface area (Å²) < 4.78 is 50.1. The van der Waals surface area contributed by atoms with Crippen molar-refractivity contribution in [2.24, 2.45) is 7.05 Å². The number of nitrogens with zero attached hydrogens (tertiary/aromatic N) is 6. The molecular weight excluding hydrogens is 487 g/mol. The highest BCUT2D eigenvalue weighted by Crippen LogP contribution is 2.32. The number of nitrogens with one attached hydrogen (secondary N) is 1. The van der Waals surface area contributed by atoms with Crippen molar-refractivity contribution in [3.05, 3.63) is 69.9 Å². The first-order valence-corrected chi connectivity index (χ1v) is 11.8. The van der Waals surface area contributed by atoms with E-state index in [9.17, 15) is 18.0 Å². The minimum atomic E-state index is -2.93. The maximum Gasteiger partial charge on any atom is 0.279 e. The standard InChI is InChI=1S/C25H26F3N7O2/c1-14(17-5-4-6-18(21(17)26)23(27)28)30-24-19-13-35(34-7-9-37-10-8-34)25(36)20(16-11-29-33(3)12-16)22(19)31-15(2)32-24/h4-6,11-14,23H,7-10H2,1-3H3,(H,30,31,32)/t14-/m1/s1. The number of anilines is 1. The maximum atomic E-state index is 14.9. The Morgan fingerprint density at radius 1 is 1.11 bits per heavy atom. The first-order chi connectivity index (χ1) is 17.7. The average molecular weight is 514 g/mol. The summed E-state index contributed by atoms with van der Waals surface area (Å²) >= 11 is 0. The molecule has 12 heteroatoms. The molecule has 0 amide bonds. The Kier molecular flexibility index (Phi) is 6.59. The van der Waals surface area contributed by atoms with Gasteiger partial charge in [-0.2, -0.15) is 5.10 Å². The lowest BCUT2D eigenvalue weighted by Crippen LogP contribution is -2.49. The van der Waals surface area contributed by atoms with Crippen molar-refractivity contribution in [3.8, 4) is 11.1 Å². The molecular formula is C25H26F3N7O2. The number of rotatable bonds is 6. The number of pyridine rings is 1. The van der Waals surface area contributed by atoms with Gasteiger partial charge in [0.1, 0.15) is 17.5 Å². The molecule has 0 unspecified atom stereocenters. The largest absolute Gasteiger partial charge is 0.378 e. The number of ether oxygens (including phenoxy) is 1. The lowest BCUT2D eigenvalue weighted by atomic mass is 10.0. The van der Waals surface area contributed by atoms with Crippen LogP contribution in [0.25, 0.3) is 22.0 Å². The van der Waals surface area contributed by atoms with Crippen molar-refractivity contribution in [2.45, 2.75) is 26.3 Å². The molecule has 5 rings (SSSR count). The summed E-state index contributed by atoms with van der Waals surface area (Å²) in [5.41, 5.74) is 0.504. The van der Waals surface area contributed by atoms with Crippen LogP contribution in [0.5, 0.6) is 0 Å². The Balaban J connectivity index is 1.69. The highest BCUT2D eigenvalue weighted by Gasteiger charge is 2.24. The first kappa shape index (κ1) is 24.8. The van der Waals surface area contributed by atoms with Crippen LogP contribution in [0.4, 0.5) is 19.0 Å². The van der Waals surface area contributed by atoms with Gasteiger partial charge in [-0.05, 0) is 13.8 Å². The zero-order valence-electron chi connectivity index (χ0n) is 20.6. The third kappa shape index (κ3) is 4.64. The van der Waals surface area contributed by atoms with Crippen LogP contribution in [-0.2, 0) is 11.8 Å². The maximum absolute atomic E-state index is 14.9. The van der Waals surface area contributed by atoms with Crippen molar-refractivity contribution in [1.82, 2.24) is 24.4 Å². The fourth-order valence-corrected chi connectivity index (χ4v) is 4.54. The number of aromatic nitrogens is 5. The Labute approximate surface area is 210 Å². The van der Waals surface area contributed by atoms with Crippen LogP contribution in [0.3, 0.4) is 0 Å². The van der Waals surface area contributed by atoms with Crippen LogP contribution < -0.4 is 15.9 Å². The van der Waals surface area contributed by atoms with Crippen molar-refractivity contribution in [1.29, 1.82) is 0 Å². The average Bonchev–Trinajstić information content (AvgIpc) is 3.29. The normalized spacial score (nSPS) is 14.9. The van der Waals surface area contributed by atoms with Gasteiger partial charge >= 0.3 is 0 Å². The van der Waals surface area contributed by atoms with Crippen molar-refractivity contribution >= 4 is 16.7 Å². The number of morpholine rings is 1. The lowest BCUT2D eigenvalue weighted by molar-refractivity contribution is 0.111. The Morgan fingerprint density at radius 3 is 2.51 bits per heavy atom. The van der Waals surface area contributed by atoms with E-state index in [0.717, 1.165) is 6.07 Å². The Bertz CT molecular complexity index is 1510. The molecule has 1 N–H and O–H groups in total. The summed E-state index contributed by atoms with van der Waals surface area (Å²) in [6.07, 6.45) is 2.05. The number of fused-ring (bicyclic) bond motifs is 1. The van der Waals surface area contributed by atoms with Gasteiger partial charge in [0, 0.05) is 30.6 Å².